The Labute approximate surface area is 145 Å². The minimum atomic E-state index is -0.354. The van der Waals surface area contributed by atoms with Crippen molar-refractivity contribution in [1.82, 2.24) is 9.97 Å². The molecule has 0 saturated heterocycles. The highest BCUT2D eigenvalue weighted by Gasteiger charge is 2.11. The van der Waals surface area contributed by atoms with Crippen LogP contribution in [0.4, 0.5) is 21.6 Å². The van der Waals surface area contributed by atoms with Crippen LogP contribution in [0.15, 0.2) is 54.6 Å². The van der Waals surface area contributed by atoms with Gasteiger partial charge in [0.1, 0.15) is 23.2 Å². The molecule has 0 aliphatic heterocycles. The fourth-order valence-corrected chi connectivity index (χ4v) is 2.29. The number of nitrogens with one attached hydrogen (secondary N) is 2. The molecule has 1 amide bonds. The predicted molar refractivity (Wildman–Crippen MR) is 95.6 cm³/mol. The Hall–Kier alpha value is -3.28. The Bertz CT molecular complexity index is 910. The fraction of sp³-hybridized carbons (Fsp3) is 0.105. The van der Waals surface area contributed by atoms with Gasteiger partial charge in [0.05, 0.1) is 0 Å². The van der Waals surface area contributed by atoms with Crippen LogP contribution in [0.1, 0.15) is 21.9 Å². The molecule has 2 aromatic carbocycles. The molecule has 25 heavy (non-hydrogen) atoms. The number of aromatic nitrogens is 2. The number of aryl methyl sites for hydroxylation is 2. The molecule has 0 saturated carbocycles. The third kappa shape index (κ3) is 4.38. The fourth-order valence-electron chi connectivity index (χ4n) is 2.29. The van der Waals surface area contributed by atoms with Crippen LogP contribution in [0.3, 0.4) is 0 Å². The Morgan fingerprint density at radius 3 is 2.44 bits per heavy atom. The molecule has 2 N–H and O–H groups in total. The minimum Gasteiger partial charge on any atom is -0.340 e. The first-order valence-corrected chi connectivity index (χ1v) is 7.76. The summed E-state index contributed by atoms with van der Waals surface area (Å²) in [6.45, 7) is 3.67. The third-order valence-electron chi connectivity index (χ3n) is 3.48. The van der Waals surface area contributed by atoms with Crippen molar-refractivity contribution in [2.75, 3.05) is 10.6 Å². The van der Waals surface area contributed by atoms with E-state index in [1.807, 2.05) is 31.2 Å². The molecule has 0 bridgehead atoms. The Morgan fingerprint density at radius 1 is 0.960 bits per heavy atom. The second-order valence-electron chi connectivity index (χ2n) is 5.64. The lowest BCUT2D eigenvalue weighted by atomic mass is 10.2. The molecule has 5 nitrogen and oxygen atoms in total. The molecule has 0 spiro atoms. The Morgan fingerprint density at radius 2 is 1.72 bits per heavy atom. The van der Waals surface area contributed by atoms with Gasteiger partial charge in [0.2, 0.25) is 0 Å². The zero-order valence-corrected chi connectivity index (χ0v) is 13.9. The van der Waals surface area contributed by atoms with Gasteiger partial charge in [-0.2, -0.15) is 0 Å². The first-order valence-electron chi connectivity index (χ1n) is 7.76. The van der Waals surface area contributed by atoms with Gasteiger partial charge < -0.3 is 10.6 Å². The van der Waals surface area contributed by atoms with Crippen molar-refractivity contribution < 1.29 is 9.18 Å². The lowest BCUT2D eigenvalue weighted by Gasteiger charge is -2.09. The highest BCUT2D eigenvalue weighted by Crippen LogP contribution is 2.17. The van der Waals surface area contributed by atoms with Crippen LogP contribution in [0, 0.1) is 19.7 Å². The molecule has 3 aromatic rings. The number of hydrogen-bond donors (Lipinski definition) is 2. The van der Waals surface area contributed by atoms with Crippen molar-refractivity contribution in [1.29, 1.82) is 0 Å². The zero-order valence-electron chi connectivity index (χ0n) is 13.9. The van der Waals surface area contributed by atoms with Crippen LogP contribution < -0.4 is 10.6 Å². The van der Waals surface area contributed by atoms with Crippen molar-refractivity contribution in [2.45, 2.75) is 13.8 Å². The number of nitrogens with zero attached hydrogens (tertiary/aromatic N) is 2. The molecule has 3 rings (SSSR count). The van der Waals surface area contributed by atoms with Crippen LogP contribution in [-0.4, -0.2) is 15.9 Å². The summed E-state index contributed by atoms with van der Waals surface area (Å²) in [5.41, 5.74) is 2.57. The molecule has 126 valence electrons. The van der Waals surface area contributed by atoms with E-state index in [2.05, 4.69) is 20.6 Å². The third-order valence-corrected chi connectivity index (χ3v) is 3.48. The standard InChI is InChI=1S/C19H17FN4O/c1-12-6-8-15(9-7-12)24-19(25)17-11-18(22-13(2)21-17)23-16-5-3-4-14(20)10-16/h3-11H,1-2H3,(H,24,25)(H,21,22,23). The number of carbonyl (C=O) groups is 1. The normalized spacial score (nSPS) is 10.4. The molecular formula is C19H17FN4O. The maximum atomic E-state index is 13.3. The van der Waals surface area contributed by atoms with Crippen LogP contribution in [0.2, 0.25) is 0 Å². The summed E-state index contributed by atoms with van der Waals surface area (Å²) in [7, 11) is 0. The molecule has 0 atom stereocenters. The minimum absolute atomic E-state index is 0.229. The largest absolute Gasteiger partial charge is 0.340 e. The van der Waals surface area contributed by atoms with Crippen LogP contribution in [-0.2, 0) is 0 Å². The topological polar surface area (TPSA) is 66.9 Å². The average molecular weight is 336 g/mol. The first-order chi connectivity index (χ1) is 12.0. The number of benzene rings is 2. The van der Waals surface area contributed by atoms with E-state index >= 15 is 0 Å². The van der Waals surface area contributed by atoms with Crippen molar-refractivity contribution in [3.8, 4) is 0 Å². The molecule has 1 heterocycles. The number of hydrogen-bond acceptors (Lipinski definition) is 4. The lowest BCUT2D eigenvalue weighted by molar-refractivity contribution is 0.102. The van der Waals surface area contributed by atoms with Gasteiger partial charge in [0, 0.05) is 17.4 Å². The number of carbonyl (C=O) groups excluding carboxylic acids is 1. The number of halogens is 1. The van der Waals surface area contributed by atoms with Gasteiger partial charge in [-0.05, 0) is 44.2 Å². The quantitative estimate of drug-likeness (QED) is 0.748. The molecule has 1 aromatic heterocycles. The lowest BCUT2D eigenvalue weighted by Crippen LogP contribution is -2.15. The van der Waals surface area contributed by atoms with E-state index in [4.69, 9.17) is 0 Å². The molecular weight excluding hydrogens is 319 g/mol. The van der Waals surface area contributed by atoms with Crippen molar-refractivity contribution in [3.63, 3.8) is 0 Å². The van der Waals surface area contributed by atoms with Crippen LogP contribution in [0.5, 0.6) is 0 Å². The Balaban J connectivity index is 1.80. The van der Waals surface area contributed by atoms with Gasteiger partial charge in [0.15, 0.2) is 0 Å². The number of rotatable bonds is 4. The summed E-state index contributed by atoms with van der Waals surface area (Å²) < 4.78 is 13.3. The van der Waals surface area contributed by atoms with E-state index in [1.165, 1.54) is 18.2 Å². The van der Waals surface area contributed by atoms with Gasteiger partial charge in [-0.1, -0.05) is 23.8 Å². The van der Waals surface area contributed by atoms with Crippen molar-refractivity contribution in [2.24, 2.45) is 0 Å². The van der Waals surface area contributed by atoms with E-state index in [-0.39, 0.29) is 17.4 Å². The summed E-state index contributed by atoms with van der Waals surface area (Å²) in [5.74, 6) is 0.173. The summed E-state index contributed by atoms with van der Waals surface area (Å²) in [4.78, 5) is 20.8. The maximum absolute atomic E-state index is 13.3. The zero-order chi connectivity index (χ0) is 17.8. The molecule has 6 heteroatoms. The summed E-state index contributed by atoms with van der Waals surface area (Å²) in [5, 5.41) is 5.78. The Kier molecular flexibility index (Phi) is 4.70. The van der Waals surface area contributed by atoms with Crippen molar-refractivity contribution >= 4 is 23.1 Å². The van der Waals surface area contributed by atoms with Gasteiger partial charge in [-0.25, -0.2) is 14.4 Å². The second-order valence-corrected chi connectivity index (χ2v) is 5.64. The number of amides is 1. The van der Waals surface area contributed by atoms with E-state index in [9.17, 15) is 9.18 Å². The molecule has 0 unspecified atom stereocenters. The van der Waals surface area contributed by atoms with E-state index < -0.39 is 0 Å². The van der Waals surface area contributed by atoms with E-state index in [0.29, 0.717) is 23.0 Å². The van der Waals surface area contributed by atoms with Gasteiger partial charge in [-0.15, -0.1) is 0 Å². The molecule has 0 aliphatic rings. The molecule has 0 radical (unpaired) electrons. The van der Waals surface area contributed by atoms with Gasteiger partial charge >= 0.3 is 0 Å². The average Bonchev–Trinajstić information content (AvgIpc) is 2.56. The maximum Gasteiger partial charge on any atom is 0.274 e. The van der Waals surface area contributed by atoms with Crippen LogP contribution >= 0.6 is 0 Å². The summed E-state index contributed by atoms with van der Waals surface area (Å²) in [6, 6.07) is 15.0. The SMILES string of the molecule is Cc1ccc(NC(=O)c2cc(Nc3cccc(F)c3)nc(C)n2)cc1. The first kappa shape index (κ1) is 16.6. The monoisotopic (exact) mass is 336 g/mol. The predicted octanol–water partition coefficient (Wildman–Crippen LogP) is 4.23. The highest BCUT2D eigenvalue weighted by atomic mass is 19.1. The second kappa shape index (κ2) is 7.09. The summed E-state index contributed by atoms with van der Waals surface area (Å²) in [6.07, 6.45) is 0. The molecule has 0 aliphatic carbocycles. The van der Waals surface area contributed by atoms with Crippen LogP contribution in [0.25, 0.3) is 0 Å². The van der Waals surface area contributed by atoms with Gasteiger partial charge in [-0.3, -0.25) is 4.79 Å². The summed E-state index contributed by atoms with van der Waals surface area (Å²) >= 11 is 0. The van der Waals surface area contributed by atoms with E-state index in [1.54, 1.807) is 19.1 Å². The van der Waals surface area contributed by atoms with E-state index in [0.717, 1.165) is 5.56 Å². The number of anilines is 3. The van der Waals surface area contributed by atoms with Crippen molar-refractivity contribution in [3.05, 3.63) is 77.5 Å². The molecule has 0 fully saturated rings. The van der Waals surface area contributed by atoms with Gasteiger partial charge in [0.25, 0.3) is 5.91 Å². The smallest absolute Gasteiger partial charge is 0.274 e. The highest BCUT2D eigenvalue weighted by molar-refractivity contribution is 6.03.